The summed E-state index contributed by atoms with van der Waals surface area (Å²) in [5.74, 6) is 1.13. The van der Waals surface area contributed by atoms with Crippen LogP contribution in [0.5, 0.6) is 0 Å². The second-order valence-corrected chi connectivity index (χ2v) is 7.00. The third-order valence-corrected chi connectivity index (χ3v) is 4.93. The SMILES string of the molecule is CC(=O)C1=C2N[C@@H](c3ccccc3)CC(C)(C)N2N(C)C1C. The van der Waals surface area contributed by atoms with E-state index in [-0.39, 0.29) is 23.4 Å². The van der Waals surface area contributed by atoms with Crippen LogP contribution >= 0.6 is 0 Å². The van der Waals surface area contributed by atoms with Crippen LogP contribution in [-0.2, 0) is 4.79 Å². The van der Waals surface area contributed by atoms with Crippen LogP contribution in [0.4, 0.5) is 0 Å². The number of benzene rings is 1. The topological polar surface area (TPSA) is 35.6 Å². The Bertz CT molecular complexity index is 620. The first-order chi connectivity index (χ1) is 10.3. The molecule has 1 unspecified atom stereocenters. The Morgan fingerprint density at radius 2 is 1.91 bits per heavy atom. The van der Waals surface area contributed by atoms with Crippen molar-refractivity contribution in [3.05, 3.63) is 47.3 Å². The van der Waals surface area contributed by atoms with Gasteiger partial charge in [0.1, 0.15) is 5.82 Å². The van der Waals surface area contributed by atoms with Crippen LogP contribution in [0.1, 0.15) is 45.7 Å². The van der Waals surface area contributed by atoms with Gasteiger partial charge in [-0.05, 0) is 39.7 Å². The molecule has 2 aliphatic rings. The predicted octanol–water partition coefficient (Wildman–Crippen LogP) is 2.85. The van der Waals surface area contributed by atoms with Gasteiger partial charge in [-0.3, -0.25) is 9.80 Å². The molecule has 0 bridgehead atoms. The average Bonchev–Trinajstić information content (AvgIpc) is 2.71. The summed E-state index contributed by atoms with van der Waals surface area (Å²) in [6, 6.07) is 10.8. The zero-order valence-corrected chi connectivity index (χ0v) is 14.1. The van der Waals surface area contributed by atoms with Crippen molar-refractivity contribution in [3.63, 3.8) is 0 Å². The number of carbonyl (C=O) groups is 1. The molecule has 0 aliphatic carbocycles. The summed E-state index contributed by atoms with van der Waals surface area (Å²) in [6.45, 7) is 8.25. The van der Waals surface area contributed by atoms with Gasteiger partial charge in [0.15, 0.2) is 5.78 Å². The maximum Gasteiger partial charge on any atom is 0.161 e. The minimum Gasteiger partial charge on any atom is -0.363 e. The third kappa shape index (κ3) is 2.22. The summed E-state index contributed by atoms with van der Waals surface area (Å²) in [5.41, 5.74) is 2.12. The lowest BCUT2D eigenvalue weighted by Gasteiger charge is -2.50. The summed E-state index contributed by atoms with van der Waals surface area (Å²) < 4.78 is 0. The molecule has 1 N–H and O–H groups in total. The lowest BCUT2D eigenvalue weighted by atomic mass is 9.88. The number of carbonyl (C=O) groups excluding carboxylic acids is 1. The number of rotatable bonds is 2. The van der Waals surface area contributed by atoms with Crippen molar-refractivity contribution in [2.24, 2.45) is 0 Å². The molecule has 0 amide bonds. The molecule has 1 fully saturated rings. The van der Waals surface area contributed by atoms with E-state index in [1.165, 1.54) is 5.56 Å². The first-order valence-electron chi connectivity index (χ1n) is 7.92. The molecule has 0 radical (unpaired) electrons. The van der Waals surface area contributed by atoms with E-state index in [2.05, 4.69) is 67.4 Å². The van der Waals surface area contributed by atoms with Crippen LogP contribution in [0.25, 0.3) is 0 Å². The monoisotopic (exact) mass is 299 g/mol. The van der Waals surface area contributed by atoms with E-state index < -0.39 is 0 Å². The Balaban J connectivity index is 2.06. The fourth-order valence-corrected chi connectivity index (χ4v) is 3.85. The molecule has 0 spiro atoms. The zero-order valence-electron chi connectivity index (χ0n) is 14.1. The minimum absolute atomic E-state index is 0.0404. The smallest absolute Gasteiger partial charge is 0.161 e. The van der Waals surface area contributed by atoms with Crippen LogP contribution in [-0.4, -0.2) is 34.4 Å². The molecule has 0 aromatic heterocycles. The number of hydrazine groups is 1. The highest BCUT2D eigenvalue weighted by atomic mass is 16.1. The van der Waals surface area contributed by atoms with E-state index in [4.69, 9.17) is 0 Å². The molecule has 2 heterocycles. The van der Waals surface area contributed by atoms with Gasteiger partial charge >= 0.3 is 0 Å². The molecule has 4 nitrogen and oxygen atoms in total. The van der Waals surface area contributed by atoms with Gasteiger partial charge < -0.3 is 5.32 Å². The lowest BCUT2D eigenvalue weighted by Crippen LogP contribution is -2.57. The molecule has 1 aromatic carbocycles. The van der Waals surface area contributed by atoms with E-state index in [1.807, 2.05) is 6.07 Å². The van der Waals surface area contributed by atoms with Crippen molar-refractivity contribution in [2.45, 2.75) is 51.7 Å². The molecule has 2 aliphatic heterocycles. The van der Waals surface area contributed by atoms with E-state index in [0.29, 0.717) is 0 Å². The minimum atomic E-state index is -0.0404. The van der Waals surface area contributed by atoms with Gasteiger partial charge in [-0.1, -0.05) is 30.3 Å². The highest BCUT2D eigenvalue weighted by molar-refractivity contribution is 5.95. The number of fused-ring (bicyclic) bond motifs is 1. The maximum atomic E-state index is 12.2. The quantitative estimate of drug-likeness (QED) is 0.911. The number of nitrogens with one attached hydrogen (secondary N) is 1. The van der Waals surface area contributed by atoms with Gasteiger partial charge in [0.05, 0.1) is 23.2 Å². The molecule has 1 saturated heterocycles. The number of hydrogen-bond donors (Lipinski definition) is 1. The highest BCUT2D eigenvalue weighted by Gasteiger charge is 2.47. The van der Waals surface area contributed by atoms with E-state index in [9.17, 15) is 4.79 Å². The second kappa shape index (κ2) is 5.13. The van der Waals surface area contributed by atoms with Crippen molar-refractivity contribution < 1.29 is 4.79 Å². The van der Waals surface area contributed by atoms with Gasteiger partial charge in [-0.2, -0.15) is 0 Å². The summed E-state index contributed by atoms with van der Waals surface area (Å²) in [4.78, 5) is 12.2. The van der Waals surface area contributed by atoms with Gasteiger partial charge in [0.2, 0.25) is 0 Å². The molecule has 3 rings (SSSR count). The highest BCUT2D eigenvalue weighted by Crippen LogP contribution is 2.42. The van der Waals surface area contributed by atoms with Crippen molar-refractivity contribution >= 4 is 5.78 Å². The molecule has 1 aromatic rings. The fraction of sp³-hybridized carbons (Fsp3) is 0.500. The summed E-state index contributed by atoms with van der Waals surface area (Å²) in [6.07, 6.45) is 0.989. The van der Waals surface area contributed by atoms with E-state index >= 15 is 0 Å². The first kappa shape index (κ1) is 15.1. The predicted molar refractivity (Wildman–Crippen MR) is 87.8 cm³/mol. The molecular weight excluding hydrogens is 274 g/mol. The molecule has 118 valence electrons. The Kier molecular flexibility index (Phi) is 3.52. The van der Waals surface area contributed by atoms with Gasteiger partial charge in [-0.15, -0.1) is 0 Å². The van der Waals surface area contributed by atoms with Gasteiger partial charge in [-0.25, -0.2) is 5.01 Å². The Labute approximate surface area is 132 Å². The zero-order chi connectivity index (χ0) is 16.1. The van der Waals surface area contributed by atoms with Crippen LogP contribution < -0.4 is 5.32 Å². The third-order valence-electron chi connectivity index (χ3n) is 4.93. The normalized spacial score (nSPS) is 27.6. The fourth-order valence-electron chi connectivity index (χ4n) is 3.85. The molecular formula is C18H25N3O. The number of Topliss-reactive ketones (excluding diaryl/α,β-unsaturated/α-hetero) is 1. The Hall–Kier alpha value is -1.81. The van der Waals surface area contributed by atoms with Gasteiger partial charge in [0.25, 0.3) is 0 Å². The Morgan fingerprint density at radius 1 is 1.27 bits per heavy atom. The molecule has 22 heavy (non-hydrogen) atoms. The number of likely N-dealkylation sites (N-methyl/N-ethyl adjacent to an activating group) is 1. The second-order valence-electron chi connectivity index (χ2n) is 7.00. The molecule has 2 atom stereocenters. The number of hydrogen-bond acceptors (Lipinski definition) is 4. The first-order valence-corrected chi connectivity index (χ1v) is 7.92. The van der Waals surface area contributed by atoms with E-state index in [1.54, 1.807) is 6.92 Å². The van der Waals surface area contributed by atoms with Crippen molar-refractivity contribution in [3.8, 4) is 0 Å². The van der Waals surface area contributed by atoms with Crippen LogP contribution in [0.3, 0.4) is 0 Å². The standard InChI is InChI=1S/C18H25N3O/c1-12-16(13(2)22)17-19-15(14-9-7-6-8-10-14)11-18(3,4)21(17)20(12)5/h6-10,12,15,19H,11H2,1-5H3/t12?,15-/m1/s1. The average molecular weight is 299 g/mol. The lowest BCUT2D eigenvalue weighted by molar-refractivity contribution is -0.114. The van der Waals surface area contributed by atoms with Crippen LogP contribution in [0.15, 0.2) is 41.7 Å². The number of ketones is 1. The molecule has 4 heteroatoms. The summed E-state index contributed by atoms with van der Waals surface area (Å²) in [7, 11) is 2.06. The number of nitrogens with zero attached hydrogens (tertiary/aromatic N) is 2. The van der Waals surface area contributed by atoms with Crippen molar-refractivity contribution in [1.29, 1.82) is 0 Å². The van der Waals surface area contributed by atoms with Crippen LogP contribution in [0.2, 0.25) is 0 Å². The maximum absolute atomic E-state index is 12.2. The van der Waals surface area contributed by atoms with Crippen molar-refractivity contribution in [2.75, 3.05) is 7.05 Å². The summed E-state index contributed by atoms with van der Waals surface area (Å²) >= 11 is 0. The van der Waals surface area contributed by atoms with E-state index in [0.717, 1.165) is 17.8 Å². The molecule has 0 saturated carbocycles. The largest absolute Gasteiger partial charge is 0.363 e. The van der Waals surface area contributed by atoms with Crippen molar-refractivity contribution in [1.82, 2.24) is 15.3 Å². The van der Waals surface area contributed by atoms with Gasteiger partial charge in [0, 0.05) is 7.05 Å². The van der Waals surface area contributed by atoms with Crippen LogP contribution in [0, 0.1) is 0 Å². The Morgan fingerprint density at radius 3 is 2.50 bits per heavy atom. The summed E-state index contributed by atoms with van der Waals surface area (Å²) in [5, 5.41) is 8.06.